The van der Waals surface area contributed by atoms with Gasteiger partial charge in [0, 0.05) is 25.8 Å². The Kier molecular flexibility index (Phi) is 9.87. The Morgan fingerprint density at radius 3 is 2.32 bits per heavy atom. The monoisotopic (exact) mass is 514 g/mol. The maximum atomic E-state index is 13.5. The summed E-state index contributed by atoms with van der Waals surface area (Å²) in [5.41, 5.74) is 4.15. The standard InChI is InChI=1S/C27H28Cl2N2O2S/c1-19-7-6-10-22(13-19)17-34-18-26(32)31(16-21-11-12-23(28)24(29)14-21)25(27(33)30-2)15-20-8-4-3-5-9-20/h3-14,25H,15-18H2,1-2H3,(H,30,33)/t25-/m1/s1. The third kappa shape index (κ3) is 7.52. The summed E-state index contributed by atoms with van der Waals surface area (Å²) >= 11 is 13.8. The predicted molar refractivity (Wildman–Crippen MR) is 142 cm³/mol. The van der Waals surface area contributed by atoms with Gasteiger partial charge in [-0.15, -0.1) is 11.8 Å². The first-order valence-electron chi connectivity index (χ1n) is 11.0. The lowest BCUT2D eigenvalue weighted by Gasteiger charge is -2.31. The van der Waals surface area contributed by atoms with E-state index < -0.39 is 6.04 Å². The third-order valence-electron chi connectivity index (χ3n) is 5.43. The van der Waals surface area contributed by atoms with Crippen molar-refractivity contribution in [3.05, 3.63) is 105 Å². The molecule has 3 rings (SSSR count). The van der Waals surface area contributed by atoms with Crippen LogP contribution in [0, 0.1) is 6.92 Å². The molecule has 1 atom stereocenters. The number of likely N-dealkylation sites (N-methyl/N-ethyl adjacent to an activating group) is 1. The molecular formula is C27H28Cl2N2O2S. The van der Waals surface area contributed by atoms with Crippen molar-refractivity contribution >= 4 is 46.8 Å². The molecule has 0 spiro atoms. The number of hydrogen-bond donors (Lipinski definition) is 1. The molecule has 4 nitrogen and oxygen atoms in total. The Morgan fingerprint density at radius 2 is 1.65 bits per heavy atom. The van der Waals surface area contributed by atoms with Crippen molar-refractivity contribution in [2.24, 2.45) is 0 Å². The number of carbonyl (C=O) groups is 2. The summed E-state index contributed by atoms with van der Waals surface area (Å²) < 4.78 is 0. The van der Waals surface area contributed by atoms with Gasteiger partial charge in [-0.1, -0.05) is 89.4 Å². The van der Waals surface area contributed by atoms with Crippen molar-refractivity contribution in [2.75, 3.05) is 12.8 Å². The summed E-state index contributed by atoms with van der Waals surface area (Å²) in [6.07, 6.45) is 0.413. The Balaban J connectivity index is 1.83. The van der Waals surface area contributed by atoms with Crippen LogP contribution in [0.1, 0.15) is 22.3 Å². The maximum Gasteiger partial charge on any atom is 0.242 e. The molecule has 0 aliphatic carbocycles. The van der Waals surface area contributed by atoms with E-state index in [9.17, 15) is 9.59 Å². The van der Waals surface area contributed by atoms with Gasteiger partial charge in [0.05, 0.1) is 15.8 Å². The molecule has 34 heavy (non-hydrogen) atoms. The second-order valence-corrected chi connectivity index (χ2v) is 9.87. The molecule has 0 saturated carbocycles. The Morgan fingerprint density at radius 1 is 0.912 bits per heavy atom. The number of rotatable bonds is 10. The quantitative estimate of drug-likeness (QED) is 0.365. The van der Waals surface area contributed by atoms with Gasteiger partial charge in [-0.3, -0.25) is 9.59 Å². The van der Waals surface area contributed by atoms with Gasteiger partial charge in [0.2, 0.25) is 11.8 Å². The number of thioether (sulfide) groups is 1. The van der Waals surface area contributed by atoms with E-state index >= 15 is 0 Å². The van der Waals surface area contributed by atoms with E-state index in [4.69, 9.17) is 23.2 Å². The van der Waals surface area contributed by atoms with E-state index in [1.807, 2.05) is 42.5 Å². The molecule has 0 radical (unpaired) electrons. The van der Waals surface area contributed by atoms with Crippen molar-refractivity contribution < 1.29 is 9.59 Å². The number of aryl methyl sites for hydroxylation is 1. The smallest absolute Gasteiger partial charge is 0.242 e. The van der Waals surface area contributed by atoms with E-state index in [1.54, 1.807) is 35.8 Å². The Labute approximate surface area is 215 Å². The van der Waals surface area contributed by atoms with E-state index in [2.05, 4.69) is 30.4 Å². The predicted octanol–water partition coefficient (Wildman–Crippen LogP) is 5.92. The highest BCUT2D eigenvalue weighted by molar-refractivity contribution is 7.99. The molecule has 0 heterocycles. The topological polar surface area (TPSA) is 49.4 Å². The van der Waals surface area contributed by atoms with Crippen molar-refractivity contribution in [3.63, 3.8) is 0 Å². The number of carbonyl (C=O) groups excluding carboxylic acids is 2. The normalized spacial score (nSPS) is 11.6. The highest BCUT2D eigenvalue weighted by Crippen LogP contribution is 2.25. The van der Waals surface area contributed by atoms with Gasteiger partial charge in [0.1, 0.15) is 6.04 Å². The SMILES string of the molecule is CNC(=O)[C@@H](Cc1ccccc1)N(Cc1ccc(Cl)c(Cl)c1)C(=O)CSCc1cccc(C)c1. The summed E-state index contributed by atoms with van der Waals surface area (Å²) in [7, 11) is 1.59. The molecule has 3 aromatic rings. The zero-order chi connectivity index (χ0) is 24.5. The van der Waals surface area contributed by atoms with E-state index in [0.717, 1.165) is 16.9 Å². The second-order valence-electron chi connectivity index (χ2n) is 8.07. The maximum absolute atomic E-state index is 13.5. The minimum atomic E-state index is -0.658. The van der Waals surface area contributed by atoms with Crippen LogP contribution in [0.25, 0.3) is 0 Å². The van der Waals surface area contributed by atoms with Crippen LogP contribution in [-0.2, 0) is 28.3 Å². The van der Waals surface area contributed by atoms with Gasteiger partial charge in [0.25, 0.3) is 0 Å². The Hall–Kier alpha value is -2.47. The molecule has 2 amide bonds. The summed E-state index contributed by atoms with van der Waals surface area (Å²) in [6, 6.07) is 22.6. The molecule has 0 unspecified atom stereocenters. The molecule has 3 aromatic carbocycles. The van der Waals surface area contributed by atoms with Crippen LogP contribution < -0.4 is 5.32 Å². The molecule has 178 valence electrons. The molecule has 1 N–H and O–H groups in total. The first kappa shape index (κ1) is 26.1. The number of halogens is 2. The van der Waals surface area contributed by atoms with Crippen LogP contribution >= 0.6 is 35.0 Å². The lowest BCUT2D eigenvalue weighted by molar-refractivity contribution is -0.139. The van der Waals surface area contributed by atoms with Gasteiger partial charge >= 0.3 is 0 Å². The summed E-state index contributed by atoms with van der Waals surface area (Å²) in [6.45, 7) is 2.31. The molecule has 0 bridgehead atoms. The highest BCUT2D eigenvalue weighted by atomic mass is 35.5. The molecule has 0 aromatic heterocycles. The highest BCUT2D eigenvalue weighted by Gasteiger charge is 2.29. The third-order valence-corrected chi connectivity index (χ3v) is 7.16. The number of hydrogen-bond acceptors (Lipinski definition) is 3. The fraction of sp³-hybridized carbons (Fsp3) is 0.259. The van der Waals surface area contributed by atoms with Gasteiger partial charge < -0.3 is 10.2 Å². The second kappa shape index (κ2) is 12.8. The molecule has 0 aliphatic heterocycles. The average Bonchev–Trinajstić information content (AvgIpc) is 2.83. The van der Waals surface area contributed by atoms with E-state index in [0.29, 0.717) is 16.5 Å². The minimum absolute atomic E-state index is 0.103. The first-order valence-corrected chi connectivity index (χ1v) is 12.9. The van der Waals surface area contributed by atoms with Crippen molar-refractivity contribution in [1.29, 1.82) is 0 Å². The summed E-state index contributed by atoms with van der Waals surface area (Å²) in [4.78, 5) is 28.1. The lowest BCUT2D eigenvalue weighted by Crippen LogP contribution is -2.50. The zero-order valence-electron chi connectivity index (χ0n) is 19.3. The average molecular weight is 516 g/mol. The van der Waals surface area contributed by atoms with E-state index in [1.165, 1.54) is 11.1 Å². The molecule has 0 aliphatic rings. The van der Waals surface area contributed by atoms with Gasteiger partial charge in [-0.05, 0) is 35.7 Å². The molecule has 0 fully saturated rings. The van der Waals surface area contributed by atoms with Crippen LogP contribution in [0.15, 0.2) is 72.8 Å². The van der Waals surface area contributed by atoms with Crippen LogP contribution in [0.4, 0.5) is 0 Å². The summed E-state index contributed by atoms with van der Waals surface area (Å²) in [5.74, 6) is 0.670. The molecular weight excluding hydrogens is 487 g/mol. The Bertz CT molecular complexity index is 1120. The van der Waals surface area contributed by atoms with Crippen LogP contribution in [-0.4, -0.2) is 35.6 Å². The van der Waals surface area contributed by atoms with Crippen LogP contribution in [0.5, 0.6) is 0 Å². The number of amides is 2. The van der Waals surface area contributed by atoms with Crippen molar-refractivity contribution in [1.82, 2.24) is 10.2 Å². The fourth-order valence-corrected chi connectivity index (χ4v) is 4.87. The van der Waals surface area contributed by atoms with Crippen molar-refractivity contribution in [2.45, 2.75) is 31.7 Å². The zero-order valence-corrected chi connectivity index (χ0v) is 21.6. The first-order chi connectivity index (χ1) is 16.4. The van der Waals surface area contributed by atoms with Crippen LogP contribution in [0.2, 0.25) is 10.0 Å². The molecule has 7 heteroatoms. The van der Waals surface area contributed by atoms with E-state index in [-0.39, 0.29) is 24.1 Å². The summed E-state index contributed by atoms with van der Waals surface area (Å²) in [5, 5.41) is 3.59. The minimum Gasteiger partial charge on any atom is -0.357 e. The largest absolute Gasteiger partial charge is 0.357 e. The number of nitrogens with zero attached hydrogens (tertiary/aromatic N) is 1. The number of nitrogens with one attached hydrogen (secondary N) is 1. The van der Waals surface area contributed by atoms with Gasteiger partial charge in [-0.25, -0.2) is 0 Å². The van der Waals surface area contributed by atoms with Crippen LogP contribution in [0.3, 0.4) is 0 Å². The lowest BCUT2D eigenvalue weighted by atomic mass is 10.0. The molecule has 0 saturated heterocycles. The van der Waals surface area contributed by atoms with Crippen molar-refractivity contribution in [3.8, 4) is 0 Å². The number of benzene rings is 3. The fourth-order valence-electron chi connectivity index (χ4n) is 3.70. The van der Waals surface area contributed by atoms with Gasteiger partial charge in [-0.2, -0.15) is 0 Å². The van der Waals surface area contributed by atoms with Gasteiger partial charge in [0.15, 0.2) is 0 Å².